The lowest BCUT2D eigenvalue weighted by Crippen LogP contribution is -2.21. The van der Waals surface area contributed by atoms with Crippen molar-refractivity contribution in [2.24, 2.45) is 0 Å². The van der Waals surface area contributed by atoms with Crippen molar-refractivity contribution in [3.63, 3.8) is 0 Å². The summed E-state index contributed by atoms with van der Waals surface area (Å²) in [6.07, 6.45) is 3.78. The van der Waals surface area contributed by atoms with Gasteiger partial charge in [0.2, 0.25) is 0 Å². The molecule has 15 heavy (non-hydrogen) atoms. The molecular formula is C12H22O3. The van der Waals surface area contributed by atoms with E-state index in [-0.39, 0.29) is 18.0 Å². The third-order valence-corrected chi connectivity index (χ3v) is 2.70. The van der Waals surface area contributed by atoms with Crippen molar-refractivity contribution in [2.45, 2.75) is 71.4 Å². The minimum atomic E-state index is -0.457. The zero-order valence-corrected chi connectivity index (χ0v) is 10.2. The lowest BCUT2D eigenvalue weighted by molar-refractivity contribution is -0.146. The molecule has 0 aliphatic carbocycles. The molecular weight excluding hydrogens is 192 g/mol. The van der Waals surface area contributed by atoms with Crippen LogP contribution in [0.15, 0.2) is 0 Å². The van der Waals surface area contributed by atoms with Crippen LogP contribution in [0.1, 0.15) is 53.4 Å². The normalized spacial score (nSPS) is 29.3. The van der Waals surface area contributed by atoms with Crippen LogP contribution in [0.4, 0.5) is 0 Å². The van der Waals surface area contributed by atoms with Gasteiger partial charge in [0.15, 0.2) is 5.79 Å². The van der Waals surface area contributed by atoms with Crippen LogP contribution in [-0.2, 0) is 14.3 Å². The van der Waals surface area contributed by atoms with E-state index in [1.165, 1.54) is 0 Å². The molecule has 1 fully saturated rings. The van der Waals surface area contributed by atoms with Crippen LogP contribution < -0.4 is 0 Å². The van der Waals surface area contributed by atoms with Crippen LogP contribution in [0.2, 0.25) is 0 Å². The smallest absolute Gasteiger partial charge is 0.163 e. The molecule has 0 aromatic heterocycles. The molecule has 3 heteroatoms. The van der Waals surface area contributed by atoms with Gasteiger partial charge in [0.1, 0.15) is 5.78 Å². The number of hydrogen-bond donors (Lipinski definition) is 0. The van der Waals surface area contributed by atoms with E-state index in [0.717, 1.165) is 19.3 Å². The van der Waals surface area contributed by atoms with E-state index in [1.807, 2.05) is 13.8 Å². The average molecular weight is 214 g/mol. The summed E-state index contributed by atoms with van der Waals surface area (Å²) >= 11 is 0. The van der Waals surface area contributed by atoms with E-state index in [0.29, 0.717) is 6.42 Å². The third-order valence-electron chi connectivity index (χ3n) is 2.70. The molecule has 0 N–H and O–H groups in total. The Balaban J connectivity index is 2.37. The van der Waals surface area contributed by atoms with E-state index >= 15 is 0 Å². The van der Waals surface area contributed by atoms with Gasteiger partial charge in [-0.2, -0.15) is 0 Å². The van der Waals surface area contributed by atoms with Gasteiger partial charge in [0.25, 0.3) is 0 Å². The number of rotatable bonds is 5. The second-order valence-electron chi connectivity index (χ2n) is 4.71. The zero-order valence-electron chi connectivity index (χ0n) is 10.2. The maximum absolute atomic E-state index is 10.8. The summed E-state index contributed by atoms with van der Waals surface area (Å²) in [5, 5.41) is 0. The Kier molecular flexibility index (Phi) is 4.29. The van der Waals surface area contributed by atoms with Crippen molar-refractivity contribution in [3.8, 4) is 0 Å². The Morgan fingerprint density at radius 3 is 2.40 bits per heavy atom. The SMILES string of the molecule is CC[C@H]1OC(C)(C)O[C@@H]1CCCC(C)=O. The summed E-state index contributed by atoms with van der Waals surface area (Å²) in [5.41, 5.74) is 0. The average Bonchev–Trinajstić information content (AvgIpc) is 2.40. The van der Waals surface area contributed by atoms with Crippen molar-refractivity contribution in [2.75, 3.05) is 0 Å². The molecule has 0 aromatic rings. The Bertz CT molecular complexity index is 223. The van der Waals surface area contributed by atoms with Gasteiger partial charge in [-0.15, -0.1) is 0 Å². The van der Waals surface area contributed by atoms with Gasteiger partial charge in [0.05, 0.1) is 12.2 Å². The zero-order chi connectivity index (χ0) is 11.5. The molecule has 0 radical (unpaired) electrons. The predicted octanol–water partition coefficient (Wildman–Crippen LogP) is 2.68. The van der Waals surface area contributed by atoms with Gasteiger partial charge >= 0.3 is 0 Å². The van der Waals surface area contributed by atoms with Crippen LogP contribution in [0, 0.1) is 0 Å². The molecule has 0 bridgehead atoms. The minimum Gasteiger partial charge on any atom is -0.345 e. The van der Waals surface area contributed by atoms with E-state index in [2.05, 4.69) is 6.92 Å². The first-order chi connectivity index (χ1) is 6.94. The van der Waals surface area contributed by atoms with Crippen molar-refractivity contribution in [1.82, 2.24) is 0 Å². The molecule has 0 spiro atoms. The summed E-state index contributed by atoms with van der Waals surface area (Å²) in [6, 6.07) is 0. The van der Waals surface area contributed by atoms with Gasteiger partial charge in [0, 0.05) is 6.42 Å². The lowest BCUT2D eigenvalue weighted by atomic mass is 10.0. The highest BCUT2D eigenvalue weighted by atomic mass is 16.7. The molecule has 0 aromatic carbocycles. The molecule has 0 amide bonds. The van der Waals surface area contributed by atoms with E-state index < -0.39 is 5.79 Å². The quantitative estimate of drug-likeness (QED) is 0.705. The first kappa shape index (κ1) is 12.7. The molecule has 1 aliphatic rings. The van der Waals surface area contributed by atoms with Gasteiger partial charge in [-0.1, -0.05) is 6.92 Å². The molecule has 1 saturated heterocycles. The van der Waals surface area contributed by atoms with Crippen LogP contribution in [0.5, 0.6) is 0 Å². The van der Waals surface area contributed by atoms with Gasteiger partial charge < -0.3 is 14.3 Å². The fraction of sp³-hybridized carbons (Fsp3) is 0.917. The Morgan fingerprint density at radius 2 is 1.87 bits per heavy atom. The highest BCUT2D eigenvalue weighted by molar-refractivity contribution is 5.75. The first-order valence-corrected chi connectivity index (χ1v) is 5.79. The van der Waals surface area contributed by atoms with Crippen molar-refractivity contribution in [1.29, 1.82) is 0 Å². The van der Waals surface area contributed by atoms with Crippen molar-refractivity contribution >= 4 is 5.78 Å². The molecule has 88 valence electrons. The maximum Gasteiger partial charge on any atom is 0.163 e. The Morgan fingerprint density at radius 1 is 1.27 bits per heavy atom. The summed E-state index contributed by atoms with van der Waals surface area (Å²) in [6.45, 7) is 7.63. The fourth-order valence-corrected chi connectivity index (χ4v) is 2.05. The maximum atomic E-state index is 10.8. The monoisotopic (exact) mass is 214 g/mol. The molecule has 1 heterocycles. The summed E-state index contributed by atoms with van der Waals surface area (Å²) in [4.78, 5) is 10.8. The van der Waals surface area contributed by atoms with Crippen LogP contribution >= 0.6 is 0 Å². The van der Waals surface area contributed by atoms with Gasteiger partial charge in [-0.25, -0.2) is 0 Å². The molecule has 1 rings (SSSR count). The first-order valence-electron chi connectivity index (χ1n) is 5.79. The molecule has 3 nitrogen and oxygen atoms in total. The summed E-state index contributed by atoms with van der Waals surface area (Å²) < 4.78 is 11.6. The molecule has 0 saturated carbocycles. The van der Waals surface area contributed by atoms with E-state index in [1.54, 1.807) is 6.92 Å². The van der Waals surface area contributed by atoms with Crippen LogP contribution in [-0.4, -0.2) is 23.8 Å². The highest BCUT2D eigenvalue weighted by Gasteiger charge is 2.39. The number of carbonyl (C=O) groups excluding carboxylic acids is 1. The van der Waals surface area contributed by atoms with E-state index in [4.69, 9.17) is 9.47 Å². The van der Waals surface area contributed by atoms with Gasteiger partial charge in [-0.3, -0.25) is 0 Å². The number of Topliss-reactive ketones (excluding diaryl/α,β-unsaturated/α-hetero) is 1. The Hall–Kier alpha value is -0.410. The molecule has 1 aliphatic heterocycles. The number of ketones is 1. The summed E-state index contributed by atoms with van der Waals surface area (Å²) in [7, 11) is 0. The number of carbonyl (C=O) groups is 1. The molecule has 0 unspecified atom stereocenters. The fourth-order valence-electron chi connectivity index (χ4n) is 2.05. The van der Waals surface area contributed by atoms with Crippen LogP contribution in [0.25, 0.3) is 0 Å². The number of hydrogen-bond acceptors (Lipinski definition) is 3. The Labute approximate surface area is 92.1 Å². The minimum absolute atomic E-state index is 0.157. The van der Waals surface area contributed by atoms with Gasteiger partial charge in [-0.05, 0) is 40.0 Å². The van der Waals surface area contributed by atoms with Crippen molar-refractivity contribution in [3.05, 3.63) is 0 Å². The topological polar surface area (TPSA) is 35.5 Å². The third kappa shape index (κ3) is 3.92. The second-order valence-corrected chi connectivity index (χ2v) is 4.71. The largest absolute Gasteiger partial charge is 0.345 e. The molecule has 2 atom stereocenters. The number of ether oxygens (including phenoxy) is 2. The standard InChI is InChI=1S/C12H22O3/c1-5-10-11(8-6-7-9(2)13)15-12(3,4)14-10/h10-11H,5-8H2,1-4H3/t10-,11-/m1/s1. The predicted molar refractivity (Wildman–Crippen MR) is 58.6 cm³/mol. The lowest BCUT2D eigenvalue weighted by Gasteiger charge is -2.16. The second kappa shape index (κ2) is 5.08. The highest BCUT2D eigenvalue weighted by Crippen LogP contribution is 2.32. The summed E-state index contributed by atoms with van der Waals surface area (Å²) in [5.74, 6) is -0.206. The van der Waals surface area contributed by atoms with Crippen LogP contribution in [0.3, 0.4) is 0 Å². The van der Waals surface area contributed by atoms with E-state index in [9.17, 15) is 4.79 Å². The van der Waals surface area contributed by atoms with Crippen molar-refractivity contribution < 1.29 is 14.3 Å².